The van der Waals surface area contributed by atoms with Crippen LogP contribution >= 0.6 is 0 Å². The van der Waals surface area contributed by atoms with Gasteiger partial charge in [0.05, 0.1) is 0 Å². The zero-order valence-electron chi connectivity index (χ0n) is 11.5. The zero-order chi connectivity index (χ0) is 13.9. The Morgan fingerprint density at radius 3 is 2.15 bits per heavy atom. The van der Waals surface area contributed by atoms with E-state index in [-0.39, 0.29) is 23.8 Å². The van der Waals surface area contributed by atoms with Crippen LogP contribution in [0.5, 0.6) is 0 Å². The van der Waals surface area contributed by atoms with Crippen LogP contribution in [0, 0.1) is 0 Å². The van der Waals surface area contributed by atoms with Crippen LogP contribution in [0.4, 0.5) is 0 Å². The number of amides is 2. The van der Waals surface area contributed by atoms with Crippen molar-refractivity contribution < 1.29 is 9.59 Å². The van der Waals surface area contributed by atoms with Gasteiger partial charge in [-0.05, 0) is 31.5 Å². The zero-order valence-corrected chi connectivity index (χ0v) is 11.5. The lowest BCUT2D eigenvalue weighted by atomic mass is 9.87. The summed E-state index contributed by atoms with van der Waals surface area (Å²) in [5.74, 6) is 0.0539. The molecule has 4 nitrogen and oxygen atoms in total. The van der Waals surface area contributed by atoms with Crippen LogP contribution in [0.3, 0.4) is 0 Å². The molecule has 20 heavy (non-hydrogen) atoms. The minimum atomic E-state index is 0.00185. The molecule has 2 aliphatic heterocycles. The molecule has 0 spiro atoms. The molecule has 0 atom stereocenters. The highest BCUT2D eigenvalue weighted by Crippen LogP contribution is 2.31. The van der Waals surface area contributed by atoms with Crippen molar-refractivity contribution in [3.8, 4) is 0 Å². The molecule has 2 fully saturated rings. The van der Waals surface area contributed by atoms with E-state index in [1.807, 2.05) is 30.3 Å². The number of carbonyl (C=O) groups is 2. The molecule has 0 unspecified atom stereocenters. The highest BCUT2D eigenvalue weighted by molar-refractivity contribution is 5.99. The number of nitrogens with one attached hydrogen (secondary N) is 1. The lowest BCUT2D eigenvalue weighted by molar-refractivity contribution is -0.152. The van der Waals surface area contributed by atoms with Crippen LogP contribution in [0.2, 0.25) is 0 Å². The van der Waals surface area contributed by atoms with Gasteiger partial charge in [-0.1, -0.05) is 30.3 Å². The Bertz CT molecular complexity index is 476. The van der Waals surface area contributed by atoms with Gasteiger partial charge in [0.15, 0.2) is 0 Å². The summed E-state index contributed by atoms with van der Waals surface area (Å²) in [7, 11) is 0. The quantitative estimate of drug-likeness (QED) is 0.833. The van der Waals surface area contributed by atoms with E-state index in [9.17, 15) is 9.59 Å². The van der Waals surface area contributed by atoms with Crippen molar-refractivity contribution in [1.82, 2.24) is 10.2 Å². The molecule has 2 heterocycles. The lowest BCUT2D eigenvalue weighted by Gasteiger charge is -2.37. The van der Waals surface area contributed by atoms with E-state index in [0.717, 1.165) is 31.5 Å². The average Bonchev–Trinajstić information content (AvgIpc) is 2.48. The molecule has 2 saturated heterocycles. The number of hydrogen-bond acceptors (Lipinski definition) is 3. The monoisotopic (exact) mass is 272 g/mol. The first kappa shape index (κ1) is 13.3. The summed E-state index contributed by atoms with van der Waals surface area (Å²) in [6.45, 7) is 1.79. The van der Waals surface area contributed by atoms with Gasteiger partial charge < -0.3 is 5.32 Å². The normalized spacial score (nSPS) is 22.3. The Morgan fingerprint density at radius 1 is 0.950 bits per heavy atom. The molecule has 0 saturated carbocycles. The summed E-state index contributed by atoms with van der Waals surface area (Å²) in [5.41, 5.74) is 1.10. The summed E-state index contributed by atoms with van der Waals surface area (Å²) >= 11 is 0. The highest BCUT2D eigenvalue weighted by Gasteiger charge is 2.37. The number of likely N-dealkylation sites (tertiary alicyclic amines) is 1. The Hall–Kier alpha value is -1.68. The van der Waals surface area contributed by atoms with E-state index < -0.39 is 0 Å². The van der Waals surface area contributed by atoms with Gasteiger partial charge in [-0.25, -0.2) is 0 Å². The molecular formula is C16H20N2O2. The molecule has 0 aromatic heterocycles. The summed E-state index contributed by atoms with van der Waals surface area (Å²) in [4.78, 5) is 26.3. The second-order valence-corrected chi connectivity index (χ2v) is 5.65. The fourth-order valence-corrected chi connectivity index (χ4v) is 3.26. The van der Waals surface area contributed by atoms with Crippen molar-refractivity contribution in [2.75, 3.05) is 13.1 Å². The van der Waals surface area contributed by atoms with Gasteiger partial charge in [0.25, 0.3) is 0 Å². The average molecular weight is 272 g/mol. The molecule has 0 bridgehead atoms. The molecule has 0 radical (unpaired) electrons. The molecule has 0 aliphatic carbocycles. The fourth-order valence-electron chi connectivity index (χ4n) is 3.26. The molecule has 4 heteroatoms. The van der Waals surface area contributed by atoms with Crippen molar-refractivity contribution in [1.29, 1.82) is 0 Å². The first-order chi connectivity index (χ1) is 9.75. The SMILES string of the molecule is O=C1CC(c2ccccc2)CC(=O)N1C1CCNCC1. The summed E-state index contributed by atoms with van der Waals surface area (Å²) in [6, 6.07) is 9.99. The number of rotatable bonds is 2. The highest BCUT2D eigenvalue weighted by atomic mass is 16.2. The molecule has 1 N–H and O–H groups in total. The van der Waals surface area contributed by atoms with Gasteiger partial charge in [-0.15, -0.1) is 0 Å². The van der Waals surface area contributed by atoms with Gasteiger partial charge >= 0.3 is 0 Å². The minimum absolute atomic E-state index is 0.00185. The Balaban J connectivity index is 1.73. The number of hydrogen-bond donors (Lipinski definition) is 1. The van der Waals surface area contributed by atoms with E-state index in [0.29, 0.717) is 12.8 Å². The largest absolute Gasteiger partial charge is 0.317 e. The van der Waals surface area contributed by atoms with Crippen LogP contribution in [0.15, 0.2) is 30.3 Å². The number of carbonyl (C=O) groups excluding carboxylic acids is 2. The summed E-state index contributed by atoms with van der Waals surface area (Å²) in [6.07, 6.45) is 2.68. The van der Waals surface area contributed by atoms with Gasteiger partial charge in [0.1, 0.15) is 0 Å². The van der Waals surface area contributed by atoms with Crippen LogP contribution in [0.1, 0.15) is 37.2 Å². The van der Waals surface area contributed by atoms with E-state index in [4.69, 9.17) is 0 Å². The number of piperidine rings is 2. The molecule has 1 aromatic rings. The molecule has 2 amide bonds. The van der Waals surface area contributed by atoms with Crippen molar-refractivity contribution in [3.05, 3.63) is 35.9 Å². The van der Waals surface area contributed by atoms with Crippen molar-refractivity contribution in [2.45, 2.75) is 37.6 Å². The summed E-state index contributed by atoms with van der Waals surface area (Å²) < 4.78 is 0. The predicted molar refractivity (Wildman–Crippen MR) is 76.2 cm³/mol. The Kier molecular flexibility index (Phi) is 3.83. The Morgan fingerprint density at radius 2 is 1.55 bits per heavy atom. The third kappa shape index (κ3) is 2.61. The fraction of sp³-hybridized carbons (Fsp3) is 0.500. The summed E-state index contributed by atoms with van der Waals surface area (Å²) in [5, 5.41) is 3.27. The third-order valence-corrected chi connectivity index (χ3v) is 4.32. The second kappa shape index (κ2) is 5.75. The van der Waals surface area contributed by atoms with Crippen molar-refractivity contribution in [2.24, 2.45) is 0 Å². The number of nitrogens with zero attached hydrogens (tertiary/aromatic N) is 1. The van der Waals surface area contributed by atoms with Gasteiger partial charge in [-0.3, -0.25) is 14.5 Å². The maximum atomic E-state index is 12.4. The first-order valence-electron chi connectivity index (χ1n) is 7.36. The minimum Gasteiger partial charge on any atom is -0.317 e. The van der Waals surface area contributed by atoms with E-state index in [1.165, 1.54) is 0 Å². The predicted octanol–water partition coefficient (Wildman–Crippen LogP) is 1.67. The van der Waals surface area contributed by atoms with Gasteiger partial charge in [0, 0.05) is 24.8 Å². The molecule has 2 aliphatic rings. The molecular weight excluding hydrogens is 252 g/mol. The molecule has 1 aromatic carbocycles. The van der Waals surface area contributed by atoms with Gasteiger partial charge in [-0.2, -0.15) is 0 Å². The molecule has 3 rings (SSSR count). The Labute approximate surface area is 119 Å². The van der Waals surface area contributed by atoms with E-state index in [2.05, 4.69) is 5.32 Å². The van der Waals surface area contributed by atoms with Crippen molar-refractivity contribution in [3.63, 3.8) is 0 Å². The third-order valence-electron chi connectivity index (χ3n) is 4.32. The maximum Gasteiger partial charge on any atom is 0.230 e. The topological polar surface area (TPSA) is 49.4 Å². The maximum absolute atomic E-state index is 12.4. The standard InChI is InChI=1S/C16H20N2O2/c19-15-10-13(12-4-2-1-3-5-12)11-16(20)18(15)14-6-8-17-9-7-14/h1-5,13-14,17H,6-11H2. The van der Waals surface area contributed by atoms with Gasteiger partial charge in [0.2, 0.25) is 11.8 Å². The van der Waals surface area contributed by atoms with Crippen LogP contribution < -0.4 is 5.32 Å². The lowest BCUT2D eigenvalue weighted by Crippen LogP contribution is -2.52. The second-order valence-electron chi connectivity index (χ2n) is 5.65. The van der Waals surface area contributed by atoms with Crippen LogP contribution in [0.25, 0.3) is 0 Å². The number of imide groups is 1. The first-order valence-corrected chi connectivity index (χ1v) is 7.36. The smallest absolute Gasteiger partial charge is 0.230 e. The van der Waals surface area contributed by atoms with E-state index in [1.54, 1.807) is 4.90 Å². The number of benzene rings is 1. The van der Waals surface area contributed by atoms with E-state index >= 15 is 0 Å². The molecule has 106 valence electrons. The van der Waals surface area contributed by atoms with Crippen molar-refractivity contribution >= 4 is 11.8 Å². The van der Waals surface area contributed by atoms with Crippen LogP contribution in [-0.2, 0) is 9.59 Å². The van der Waals surface area contributed by atoms with Crippen LogP contribution in [-0.4, -0.2) is 35.8 Å².